The van der Waals surface area contributed by atoms with Crippen molar-refractivity contribution < 1.29 is 47.4 Å². The standard InChI is InChI=1S/C40H75NO10/c1-2-3-4-5-6-7-8-9-10-11-12-13-14-17-20-42-21-22-43-23-24-44-25-26-45-27-28-46-29-30-47-31-32-48-33-34-49-35-36-50-37-38-51-40-19-16-15-18-39(40)41/h15-16,18-19H,2-14,17,20-38,41H2,1H3. The van der Waals surface area contributed by atoms with Crippen LogP contribution in [0, 0.1) is 0 Å². The maximum Gasteiger partial charge on any atom is 0.142 e. The minimum absolute atomic E-state index is 0.443. The van der Waals surface area contributed by atoms with Crippen LogP contribution in [0.3, 0.4) is 0 Å². The molecule has 1 aromatic rings. The first-order valence-electron chi connectivity index (χ1n) is 20.0. The van der Waals surface area contributed by atoms with E-state index in [2.05, 4.69) is 6.92 Å². The third-order valence-corrected chi connectivity index (χ3v) is 8.02. The second-order valence-electron chi connectivity index (χ2n) is 12.5. The van der Waals surface area contributed by atoms with Crippen LogP contribution in [0.25, 0.3) is 0 Å². The number of hydrogen-bond donors (Lipinski definition) is 1. The summed E-state index contributed by atoms with van der Waals surface area (Å²) in [4.78, 5) is 0. The van der Waals surface area contributed by atoms with E-state index in [4.69, 9.17) is 53.1 Å². The summed E-state index contributed by atoms with van der Waals surface area (Å²) in [6.45, 7) is 12.7. The number of rotatable bonds is 43. The van der Waals surface area contributed by atoms with E-state index in [-0.39, 0.29) is 0 Å². The fourth-order valence-electron chi connectivity index (χ4n) is 5.08. The van der Waals surface area contributed by atoms with Gasteiger partial charge < -0.3 is 53.1 Å². The summed E-state index contributed by atoms with van der Waals surface area (Å²) < 4.78 is 55.4. The topological polar surface area (TPSA) is 118 Å². The molecule has 0 bridgehead atoms. The average Bonchev–Trinajstić information content (AvgIpc) is 3.14. The molecule has 300 valence electrons. The molecule has 2 N–H and O–H groups in total. The number of nitrogens with two attached hydrogens (primary N) is 1. The molecular weight excluding hydrogens is 654 g/mol. The summed E-state index contributed by atoms with van der Waals surface area (Å²) in [5.41, 5.74) is 6.45. The van der Waals surface area contributed by atoms with Crippen LogP contribution in [0.15, 0.2) is 24.3 Å². The van der Waals surface area contributed by atoms with Crippen molar-refractivity contribution in [3.05, 3.63) is 24.3 Å². The molecule has 0 heterocycles. The highest BCUT2D eigenvalue weighted by Gasteiger charge is 1.99. The van der Waals surface area contributed by atoms with Gasteiger partial charge >= 0.3 is 0 Å². The van der Waals surface area contributed by atoms with Crippen LogP contribution in [0.4, 0.5) is 5.69 Å². The average molecular weight is 730 g/mol. The molecule has 11 nitrogen and oxygen atoms in total. The molecule has 0 aliphatic heterocycles. The van der Waals surface area contributed by atoms with Crippen LogP contribution in [-0.4, -0.2) is 126 Å². The van der Waals surface area contributed by atoms with Gasteiger partial charge in [-0.25, -0.2) is 0 Å². The lowest BCUT2D eigenvalue weighted by molar-refractivity contribution is -0.0254. The van der Waals surface area contributed by atoms with E-state index >= 15 is 0 Å². The Bertz CT molecular complexity index is 806. The fourth-order valence-corrected chi connectivity index (χ4v) is 5.08. The highest BCUT2D eigenvalue weighted by Crippen LogP contribution is 2.19. The lowest BCUT2D eigenvalue weighted by atomic mass is 10.0. The molecule has 1 rings (SSSR count). The molecule has 1 aromatic carbocycles. The number of benzene rings is 1. The number of nitrogen functional groups attached to an aromatic ring is 1. The van der Waals surface area contributed by atoms with Gasteiger partial charge in [0.25, 0.3) is 0 Å². The smallest absolute Gasteiger partial charge is 0.142 e. The van der Waals surface area contributed by atoms with Crippen LogP contribution in [0.1, 0.15) is 96.8 Å². The van der Waals surface area contributed by atoms with Gasteiger partial charge in [0.1, 0.15) is 12.4 Å². The first-order chi connectivity index (χ1) is 25.3. The third kappa shape index (κ3) is 36.6. The molecule has 0 spiro atoms. The Morgan fingerprint density at radius 2 is 0.608 bits per heavy atom. The molecular formula is C40H75NO10. The molecule has 0 fully saturated rings. The zero-order valence-electron chi connectivity index (χ0n) is 32.3. The van der Waals surface area contributed by atoms with Crippen LogP contribution in [-0.2, 0) is 42.6 Å². The second-order valence-corrected chi connectivity index (χ2v) is 12.5. The Labute approximate surface area is 310 Å². The van der Waals surface area contributed by atoms with Gasteiger partial charge in [0.05, 0.1) is 118 Å². The highest BCUT2D eigenvalue weighted by atomic mass is 16.6. The Morgan fingerprint density at radius 1 is 0.333 bits per heavy atom. The lowest BCUT2D eigenvalue weighted by Crippen LogP contribution is -2.15. The monoisotopic (exact) mass is 730 g/mol. The van der Waals surface area contributed by atoms with Crippen molar-refractivity contribution in [2.45, 2.75) is 96.8 Å². The molecule has 0 atom stereocenters. The summed E-state index contributed by atoms with van der Waals surface area (Å²) in [7, 11) is 0. The molecule has 0 aliphatic carbocycles. The van der Waals surface area contributed by atoms with Gasteiger partial charge in [-0.1, -0.05) is 103 Å². The van der Waals surface area contributed by atoms with Crippen molar-refractivity contribution in [3.8, 4) is 5.75 Å². The van der Waals surface area contributed by atoms with Gasteiger partial charge in [-0.2, -0.15) is 0 Å². The number of hydrogen-bond acceptors (Lipinski definition) is 11. The first kappa shape index (κ1) is 47.5. The number of anilines is 1. The van der Waals surface area contributed by atoms with E-state index in [1.54, 1.807) is 6.07 Å². The SMILES string of the molecule is CCCCCCCCCCCCCCCCOCCOCCOCCOCCOCCOCCOCCOCCOCCOc1ccccc1N. The zero-order valence-corrected chi connectivity index (χ0v) is 32.3. The van der Waals surface area contributed by atoms with Crippen LogP contribution in [0.2, 0.25) is 0 Å². The predicted octanol–water partition coefficient (Wildman–Crippen LogP) is 7.28. The molecule has 0 saturated heterocycles. The summed E-state index contributed by atoms with van der Waals surface area (Å²) in [5.74, 6) is 0.674. The normalized spacial score (nSPS) is 11.5. The van der Waals surface area contributed by atoms with E-state index in [0.717, 1.165) is 13.0 Å². The van der Waals surface area contributed by atoms with Crippen molar-refractivity contribution >= 4 is 5.69 Å². The largest absolute Gasteiger partial charge is 0.489 e. The fraction of sp³-hybridized carbons (Fsp3) is 0.850. The van der Waals surface area contributed by atoms with Crippen molar-refractivity contribution in [2.24, 2.45) is 0 Å². The van der Waals surface area contributed by atoms with Crippen molar-refractivity contribution in [1.29, 1.82) is 0 Å². The summed E-state index contributed by atoms with van der Waals surface area (Å²) in [6, 6.07) is 7.40. The minimum atomic E-state index is 0.443. The predicted molar refractivity (Wildman–Crippen MR) is 204 cm³/mol. The lowest BCUT2D eigenvalue weighted by Gasteiger charge is -2.09. The molecule has 0 aromatic heterocycles. The van der Waals surface area contributed by atoms with Crippen molar-refractivity contribution in [1.82, 2.24) is 0 Å². The van der Waals surface area contributed by atoms with Crippen molar-refractivity contribution in [3.63, 3.8) is 0 Å². The van der Waals surface area contributed by atoms with Crippen LogP contribution in [0.5, 0.6) is 5.75 Å². The number of unbranched alkanes of at least 4 members (excludes halogenated alkanes) is 13. The van der Waals surface area contributed by atoms with Gasteiger partial charge in [-0.05, 0) is 18.6 Å². The van der Waals surface area contributed by atoms with Crippen LogP contribution < -0.4 is 10.5 Å². The van der Waals surface area contributed by atoms with E-state index in [1.807, 2.05) is 18.2 Å². The molecule has 11 heteroatoms. The van der Waals surface area contributed by atoms with Gasteiger partial charge in [0.15, 0.2) is 0 Å². The van der Waals surface area contributed by atoms with Crippen molar-refractivity contribution in [2.75, 3.05) is 131 Å². The Balaban J connectivity index is 1.61. The molecule has 0 saturated carbocycles. The minimum Gasteiger partial charge on any atom is -0.489 e. The van der Waals surface area contributed by atoms with Gasteiger partial charge in [0.2, 0.25) is 0 Å². The summed E-state index contributed by atoms with van der Waals surface area (Å²) in [5, 5.41) is 0. The number of para-hydroxylation sites is 2. The van der Waals surface area contributed by atoms with E-state index < -0.39 is 0 Å². The van der Waals surface area contributed by atoms with E-state index in [0.29, 0.717) is 130 Å². The Morgan fingerprint density at radius 3 is 0.941 bits per heavy atom. The quantitative estimate of drug-likeness (QED) is 0.0540. The summed E-state index contributed by atoms with van der Waals surface area (Å²) >= 11 is 0. The summed E-state index contributed by atoms with van der Waals surface area (Å²) in [6.07, 6.45) is 19.3. The second kappa shape index (κ2) is 41.2. The molecule has 0 amide bonds. The molecule has 0 unspecified atom stereocenters. The van der Waals surface area contributed by atoms with Gasteiger partial charge in [-0.15, -0.1) is 0 Å². The maximum absolute atomic E-state index is 5.83. The van der Waals surface area contributed by atoms with E-state index in [1.165, 1.54) is 83.5 Å². The highest BCUT2D eigenvalue weighted by molar-refractivity contribution is 5.51. The zero-order chi connectivity index (χ0) is 36.4. The van der Waals surface area contributed by atoms with Gasteiger partial charge in [-0.3, -0.25) is 0 Å². The molecule has 0 aliphatic rings. The van der Waals surface area contributed by atoms with Gasteiger partial charge in [0, 0.05) is 6.61 Å². The Kier molecular flexibility index (Phi) is 38.4. The van der Waals surface area contributed by atoms with E-state index in [9.17, 15) is 0 Å². The first-order valence-corrected chi connectivity index (χ1v) is 20.0. The van der Waals surface area contributed by atoms with Crippen LogP contribution >= 0.6 is 0 Å². The number of ether oxygens (including phenoxy) is 10. The molecule has 0 radical (unpaired) electrons. The maximum atomic E-state index is 5.83. The Hall–Kier alpha value is -1.54. The molecule has 51 heavy (non-hydrogen) atoms. The third-order valence-electron chi connectivity index (χ3n) is 8.02.